The molecule has 3 aromatic rings. The molecule has 0 unspecified atom stereocenters. The number of nitrogens with zero attached hydrogens (tertiary/aromatic N) is 4. The lowest BCUT2D eigenvalue weighted by molar-refractivity contribution is 0.151. The maximum Gasteiger partial charge on any atom is 0.270 e. The maximum absolute atomic E-state index is 12.9. The van der Waals surface area contributed by atoms with Crippen molar-refractivity contribution in [1.29, 1.82) is 5.26 Å². The molecule has 9 heteroatoms. The van der Waals surface area contributed by atoms with Gasteiger partial charge in [0.15, 0.2) is 5.58 Å². The highest BCUT2D eigenvalue weighted by Gasteiger charge is 2.30. The molecule has 0 amide bonds. The van der Waals surface area contributed by atoms with Gasteiger partial charge in [0.25, 0.3) is 4.84 Å². The van der Waals surface area contributed by atoms with Gasteiger partial charge in [-0.1, -0.05) is 24.3 Å². The van der Waals surface area contributed by atoms with Crippen molar-refractivity contribution in [1.82, 2.24) is 13.8 Å². The van der Waals surface area contributed by atoms with Crippen LogP contribution in [-0.2, 0) is 16.7 Å². The van der Waals surface area contributed by atoms with Crippen molar-refractivity contribution in [3.05, 3.63) is 58.9 Å². The van der Waals surface area contributed by atoms with E-state index in [1.54, 1.807) is 12.1 Å². The van der Waals surface area contributed by atoms with Crippen molar-refractivity contribution < 1.29 is 12.8 Å². The van der Waals surface area contributed by atoms with Crippen molar-refractivity contribution in [3.8, 4) is 6.07 Å². The third-order valence-electron chi connectivity index (χ3n) is 4.87. The van der Waals surface area contributed by atoms with Crippen LogP contribution < -0.4 is 0 Å². The molecular weight excluding hydrogens is 396 g/mol. The number of fused-ring (bicyclic) bond motifs is 1. The predicted octanol–water partition coefficient (Wildman–Crippen LogP) is 2.80. The van der Waals surface area contributed by atoms with Crippen LogP contribution in [-0.4, -0.2) is 48.4 Å². The van der Waals surface area contributed by atoms with Crippen LogP contribution in [0.4, 0.5) is 0 Å². The van der Waals surface area contributed by atoms with Crippen molar-refractivity contribution in [2.45, 2.75) is 11.6 Å². The molecule has 0 aliphatic carbocycles. The predicted molar refractivity (Wildman–Crippen MR) is 107 cm³/mol. The Morgan fingerprint density at radius 2 is 1.71 bits per heavy atom. The standard InChI is InChI=1S/C19H18N4O3S2/c20-13-15-5-1-4-8-18(15)28(24,25)22-11-9-21(10-12-22)14-23-16-6-2-3-7-17(16)26-19(23)27/h1-8H,9-12,14H2. The summed E-state index contributed by atoms with van der Waals surface area (Å²) in [6.45, 7) is 2.37. The number of oxazole rings is 1. The Bertz CT molecular complexity index is 1220. The van der Waals surface area contributed by atoms with Gasteiger partial charge in [-0.05, 0) is 36.5 Å². The van der Waals surface area contributed by atoms with Crippen LogP contribution in [0, 0.1) is 16.2 Å². The van der Waals surface area contributed by atoms with Gasteiger partial charge in [0.05, 0.1) is 22.6 Å². The summed E-state index contributed by atoms with van der Waals surface area (Å²) in [6.07, 6.45) is 0. The van der Waals surface area contributed by atoms with Gasteiger partial charge in [-0.2, -0.15) is 9.57 Å². The summed E-state index contributed by atoms with van der Waals surface area (Å²) < 4.78 is 34.8. The van der Waals surface area contributed by atoms with Gasteiger partial charge in [-0.15, -0.1) is 0 Å². The lowest BCUT2D eigenvalue weighted by Gasteiger charge is -2.34. The fourth-order valence-corrected chi connectivity index (χ4v) is 5.19. The Morgan fingerprint density at radius 3 is 2.46 bits per heavy atom. The van der Waals surface area contributed by atoms with E-state index in [1.807, 2.05) is 34.9 Å². The summed E-state index contributed by atoms with van der Waals surface area (Å²) in [7, 11) is -3.69. The number of rotatable bonds is 4. The Morgan fingerprint density at radius 1 is 1.04 bits per heavy atom. The van der Waals surface area contributed by atoms with Crippen LogP contribution in [0.5, 0.6) is 0 Å². The summed E-state index contributed by atoms with van der Waals surface area (Å²) >= 11 is 5.33. The number of piperazine rings is 1. The van der Waals surface area contributed by atoms with Gasteiger partial charge in [0, 0.05) is 26.2 Å². The Hall–Kier alpha value is -2.51. The molecule has 7 nitrogen and oxygen atoms in total. The van der Waals surface area contributed by atoms with Gasteiger partial charge in [-0.25, -0.2) is 8.42 Å². The summed E-state index contributed by atoms with van der Waals surface area (Å²) in [5.74, 6) is 0. The first-order valence-electron chi connectivity index (χ1n) is 8.81. The highest BCUT2D eigenvalue weighted by molar-refractivity contribution is 7.89. The molecule has 1 saturated heterocycles. The van der Waals surface area contributed by atoms with Gasteiger partial charge < -0.3 is 4.42 Å². The second-order valence-electron chi connectivity index (χ2n) is 6.54. The average Bonchev–Trinajstić information content (AvgIpc) is 3.03. The largest absolute Gasteiger partial charge is 0.429 e. The van der Waals surface area contributed by atoms with Gasteiger partial charge in [0.1, 0.15) is 6.07 Å². The normalized spacial score (nSPS) is 16.2. The smallest absolute Gasteiger partial charge is 0.270 e. The third-order valence-corrected chi connectivity index (χ3v) is 7.13. The number of nitriles is 1. The number of aromatic nitrogens is 1. The van der Waals surface area contributed by atoms with E-state index in [4.69, 9.17) is 16.6 Å². The van der Waals surface area contributed by atoms with E-state index in [1.165, 1.54) is 16.4 Å². The Labute approximate surface area is 168 Å². The van der Waals surface area contributed by atoms with E-state index in [9.17, 15) is 13.7 Å². The molecule has 1 aromatic heterocycles. The monoisotopic (exact) mass is 414 g/mol. The van der Waals surface area contributed by atoms with Gasteiger partial charge >= 0.3 is 0 Å². The highest BCUT2D eigenvalue weighted by atomic mass is 32.2. The van der Waals surface area contributed by atoms with Crippen molar-refractivity contribution in [2.24, 2.45) is 0 Å². The molecule has 0 bridgehead atoms. The number of hydrogen-bond donors (Lipinski definition) is 0. The number of para-hydroxylation sites is 2. The van der Waals surface area contributed by atoms with E-state index < -0.39 is 10.0 Å². The molecule has 144 valence electrons. The summed E-state index contributed by atoms with van der Waals surface area (Å²) in [5, 5.41) is 9.22. The number of sulfonamides is 1. The van der Waals surface area contributed by atoms with Crippen molar-refractivity contribution in [2.75, 3.05) is 26.2 Å². The molecule has 0 spiro atoms. The molecular formula is C19H18N4O3S2. The van der Waals surface area contributed by atoms with Crippen LogP contribution in [0.25, 0.3) is 11.1 Å². The topological polar surface area (TPSA) is 82.5 Å². The van der Waals surface area contributed by atoms with Crippen LogP contribution in [0.3, 0.4) is 0 Å². The first kappa shape index (κ1) is 18.8. The van der Waals surface area contributed by atoms with Crippen LogP contribution in [0.2, 0.25) is 0 Å². The molecule has 0 N–H and O–H groups in total. The van der Waals surface area contributed by atoms with E-state index >= 15 is 0 Å². The van der Waals surface area contributed by atoms with Crippen LogP contribution >= 0.6 is 12.2 Å². The van der Waals surface area contributed by atoms with Crippen LogP contribution in [0.1, 0.15) is 5.56 Å². The highest BCUT2D eigenvalue weighted by Crippen LogP contribution is 2.22. The van der Waals surface area contributed by atoms with Crippen molar-refractivity contribution in [3.63, 3.8) is 0 Å². The zero-order valence-electron chi connectivity index (χ0n) is 15.0. The van der Waals surface area contributed by atoms with Crippen LogP contribution in [0.15, 0.2) is 57.8 Å². The lowest BCUT2D eigenvalue weighted by Crippen LogP contribution is -2.48. The van der Waals surface area contributed by atoms with E-state index in [-0.39, 0.29) is 10.5 Å². The second kappa shape index (κ2) is 7.48. The minimum atomic E-state index is -3.69. The molecule has 1 aliphatic heterocycles. The molecule has 0 saturated carbocycles. The summed E-state index contributed by atoms with van der Waals surface area (Å²) in [6, 6.07) is 15.9. The molecule has 0 atom stereocenters. The Kier molecular flexibility index (Phi) is 5.03. The average molecular weight is 415 g/mol. The Balaban J connectivity index is 1.50. The molecule has 0 radical (unpaired) electrons. The molecule has 4 rings (SSSR count). The SMILES string of the molecule is N#Cc1ccccc1S(=O)(=O)N1CCN(Cn2c(=S)oc3ccccc32)CC1. The number of hydrogen-bond acceptors (Lipinski definition) is 6. The minimum absolute atomic E-state index is 0.0639. The van der Waals surface area contributed by atoms with Crippen molar-refractivity contribution >= 4 is 33.3 Å². The molecule has 1 fully saturated rings. The molecule has 28 heavy (non-hydrogen) atoms. The van der Waals surface area contributed by atoms with E-state index in [0.717, 1.165) is 11.1 Å². The lowest BCUT2D eigenvalue weighted by atomic mass is 10.2. The fourth-order valence-electron chi connectivity index (χ4n) is 3.38. The fraction of sp³-hybridized carbons (Fsp3) is 0.263. The van der Waals surface area contributed by atoms with Gasteiger partial charge in [0.2, 0.25) is 10.0 Å². The van der Waals surface area contributed by atoms with Gasteiger partial charge in [-0.3, -0.25) is 9.47 Å². The van der Waals surface area contributed by atoms with E-state index in [2.05, 4.69) is 4.90 Å². The molecule has 2 heterocycles. The second-order valence-corrected chi connectivity index (χ2v) is 8.79. The zero-order valence-corrected chi connectivity index (χ0v) is 16.6. The minimum Gasteiger partial charge on any atom is -0.429 e. The number of benzene rings is 2. The molecule has 2 aromatic carbocycles. The zero-order chi connectivity index (χ0) is 19.7. The van der Waals surface area contributed by atoms with E-state index in [0.29, 0.717) is 37.7 Å². The third kappa shape index (κ3) is 3.36. The summed E-state index contributed by atoms with van der Waals surface area (Å²) in [5.41, 5.74) is 1.83. The quantitative estimate of drug-likeness (QED) is 0.611. The maximum atomic E-state index is 12.9. The summed E-state index contributed by atoms with van der Waals surface area (Å²) in [4.78, 5) is 2.60. The first-order chi connectivity index (χ1) is 13.5. The first-order valence-corrected chi connectivity index (χ1v) is 10.7. The molecule has 1 aliphatic rings.